The highest BCUT2D eigenvalue weighted by atomic mass is 19.1. The molecule has 1 aliphatic heterocycles. The fourth-order valence-electron chi connectivity index (χ4n) is 2.50. The molecule has 118 valence electrons. The second-order valence-electron chi connectivity index (χ2n) is 5.62. The largest absolute Gasteiger partial charge is 0.369 e. The summed E-state index contributed by atoms with van der Waals surface area (Å²) in [6, 6.07) is 9.91. The Hall–Kier alpha value is -2.76. The van der Waals surface area contributed by atoms with Crippen molar-refractivity contribution in [2.24, 2.45) is 11.7 Å². The van der Waals surface area contributed by atoms with Gasteiger partial charge < -0.3 is 10.6 Å². The maximum Gasteiger partial charge on any atom is 0.255 e. The molecule has 6 heteroatoms. The Morgan fingerprint density at radius 1 is 1.22 bits per heavy atom. The van der Waals surface area contributed by atoms with Crippen molar-refractivity contribution in [3.05, 3.63) is 65.2 Å². The Bertz CT molecular complexity index is 740. The number of amides is 2. The zero-order valence-electron chi connectivity index (χ0n) is 12.4. The Morgan fingerprint density at radius 3 is 2.57 bits per heavy atom. The third-order valence-corrected chi connectivity index (χ3v) is 3.97. The highest BCUT2D eigenvalue weighted by Crippen LogP contribution is 2.18. The maximum absolute atomic E-state index is 13.6. The van der Waals surface area contributed by atoms with Crippen LogP contribution in [0.1, 0.15) is 21.6 Å². The third-order valence-electron chi connectivity index (χ3n) is 3.97. The van der Waals surface area contributed by atoms with E-state index in [1.165, 1.54) is 12.3 Å². The highest BCUT2D eigenvalue weighted by Gasteiger charge is 2.34. The van der Waals surface area contributed by atoms with Gasteiger partial charge in [-0.1, -0.05) is 18.2 Å². The summed E-state index contributed by atoms with van der Waals surface area (Å²) in [6.45, 7) is 0.705. The van der Waals surface area contributed by atoms with Crippen LogP contribution in [0.25, 0.3) is 0 Å². The Labute approximate surface area is 132 Å². The van der Waals surface area contributed by atoms with Crippen molar-refractivity contribution in [1.29, 1.82) is 0 Å². The molecule has 2 heterocycles. The molecule has 3 rings (SSSR count). The van der Waals surface area contributed by atoms with Gasteiger partial charge in [0.05, 0.1) is 11.5 Å². The monoisotopic (exact) mass is 313 g/mol. The SMILES string of the molecule is NC(=O)C1CN(C(=O)c2ccc(Cc3ccccc3F)nc2)C1. The first kappa shape index (κ1) is 15.1. The standard InChI is InChI=1S/C17H16FN3O2/c18-15-4-2-1-3-11(15)7-14-6-5-12(8-20-14)17(23)21-9-13(10-21)16(19)22/h1-6,8,13H,7,9-10H2,(H2,19,22). The molecule has 0 bridgehead atoms. The van der Waals surface area contributed by atoms with Gasteiger partial charge in [0.15, 0.2) is 0 Å². The molecule has 2 aromatic rings. The molecule has 1 aromatic heterocycles. The van der Waals surface area contributed by atoms with E-state index in [1.807, 2.05) is 0 Å². The van der Waals surface area contributed by atoms with Gasteiger partial charge in [-0.25, -0.2) is 4.39 Å². The van der Waals surface area contributed by atoms with Crippen LogP contribution in [0.2, 0.25) is 0 Å². The lowest BCUT2D eigenvalue weighted by atomic mass is 9.98. The van der Waals surface area contributed by atoms with Gasteiger partial charge >= 0.3 is 0 Å². The summed E-state index contributed by atoms with van der Waals surface area (Å²) in [5.41, 5.74) is 6.88. The van der Waals surface area contributed by atoms with E-state index in [4.69, 9.17) is 5.73 Å². The second-order valence-corrected chi connectivity index (χ2v) is 5.62. The van der Waals surface area contributed by atoms with Crippen molar-refractivity contribution in [1.82, 2.24) is 9.88 Å². The predicted molar refractivity (Wildman–Crippen MR) is 82.0 cm³/mol. The number of carbonyl (C=O) groups excluding carboxylic acids is 2. The van der Waals surface area contributed by atoms with Crippen molar-refractivity contribution in [2.45, 2.75) is 6.42 Å². The molecule has 0 aliphatic carbocycles. The number of hydrogen-bond acceptors (Lipinski definition) is 3. The molecule has 0 spiro atoms. The number of hydrogen-bond donors (Lipinski definition) is 1. The lowest BCUT2D eigenvalue weighted by Crippen LogP contribution is -2.54. The molecule has 23 heavy (non-hydrogen) atoms. The zero-order valence-corrected chi connectivity index (χ0v) is 12.4. The summed E-state index contributed by atoms with van der Waals surface area (Å²) in [5.74, 6) is -1.08. The van der Waals surface area contributed by atoms with Crippen LogP contribution < -0.4 is 5.73 Å². The number of nitrogens with zero attached hydrogens (tertiary/aromatic N) is 2. The summed E-state index contributed by atoms with van der Waals surface area (Å²) in [4.78, 5) is 28.9. The number of nitrogens with two attached hydrogens (primary N) is 1. The smallest absolute Gasteiger partial charge is 0.255 e. The minimum Gasteiger partial charge on any atom is -0.369 e. The van der Waals surface area contributed by atoms with Crippen LogP contribution in [0.3, 0.4) is 0 Å². The van der Waals surface area contributed by atoms with Crippen molar-refractivity contribution in [3.8, 4) is 0 Å². The third kappa shape index (κ3) is 3.21. The van der Waals surface area contributed by atoms with Gasteiger partial charge in [-0.2, -0.15) is 0 Å². The number of aromatic nitrogens is 1. The van der Waals surface area contributed by atoms with Crippen LogP contribution in [-0.2, 0) is 11.2 Å². The number of carbonyl (C=O) groups is 2. The van der Waals surface area contributed by atoms with E-state index < -0.39 is 0 Å². The summed E-state index contributed by atoms with van der Waals surface area (Å²) in [5, 5.41) is 0. The minimum absolute atomic E-state index is 0.174. The van der Waals surface area contributed by atoms with Gasteiger partial charge in [0.2, 0.25) is 5.91 Å². The van der Waals surface area contributed by atoms with E-state index in [0.29, 0.717) is 36.3 Å². The summed E-state index contributed by atoms with van der Waals surface area (Å²) < 4.78 is 13.6. The summed E-state index contributed by atoms with van der Waals surface area (Å²) in [6.07, 6.45) is 1.85. The van der Waals surface area contributed by atoms with E-state index in [-0.39, 0.29) is 23.5 Å². The molecule has 2 amide bonds. The van der Waals surface area contributed by atoms with E-state index in [9.17, 15) is 14.0 Å². The molecular weight excluding hydrogens is 297 g/mol. The van der Waals surface area contributed by atoms with Crippen LogP contribution in [0.15, 0.2) is 42.6 Å². The second kappa shape index (κ2) is 6.16. The molecule has 1 fully saturated rings. The maximum atomic E-state index is 13.6. The van der Waals surface area contributed by atoms with E-state index in [2.05, 4.69) is 4.98 Å². The van der Waals surface area contributed by atoms with Crippen molar-refractivity contribution < 1.29 is 14.0 Å². The van der Waals surface area contributed by atoms with Crippen molar-refractivity contribution in [3.63, 3.8) is 0 Å². The highest BCUT2D eigenvalue weighted by molar-refractivity contribution is 5.95. The Kier molecular flexibility index (Phi) is 4.06. The average molecular weight is 313 g/mol. The molecule has 1 aliphatic rings. The number of pyridine rings is 1. The zero-order chi connectivity index (χ0) is 16.4. The van der Waals surface area contributed by atoms with Crippen molar-refractivity contribution in [2.75, 3.05) is 13.1 Å². The fourth-order valence-corrected chi connectivity index (χ4v) is 2.50. The lowest BCUT2D eigenvalue weighted by Gasteiger charge is -2.37. The van der Waals surface area contributed by atoms with Gasteiger partial charge in [-0.05, 0) is 23.8 Å². The molecule has 0 unspecified atom stereocenters. The van der Waals surface area contributed by atoms with E-state index in [1.54, 1.807) is 35.2 Å². The number of benzene rings is 1. The number of likely N-dealkylation sites (tertiary alicyclic amines) is 1. The summed E-state index contributed by atoms with van der Waals surface area (Å²) in [7, 11) is 0. The first-order valence-corrected chi connectivity index (χ1v) is 7.31. The van der Waals surface area contributed by atoms with Gasteiger partial charge in [0.25, 0.3) is 5.91 Å². The van der Waals surface area contributed by atoms with Crippen LogP contribution in [0.4, 0.5) is 4.39 Å². The number of primary amides is 1. The fraction of sp³-hybridized carbons (Fsp3) is 0.235. The molecule has 1 aromatic carbocycles. The normalized spacial score (nSPS) is 14.4. The van der Waals surface area contributed by atoms with Crippen LogP contribution in [-0.4, -0.2) is 34.8 Å². The average Bonchev–Trinajstić information content (AvgIpc) is 2.48. The molecule has 2 N–H and O–H groups in total. The van der Waals surface area contributed by atoms with Crippen LogP contribution in [0.5, 0.6) is 0 Å². The predicted octanol–water partition coefficient (Wildman–Crippen LogP) is 1.37. The van der Waals surface area contributed by atoms with E-state index in [0.717, 1.165) is 0 Å². The number of rotatable bonds is 4. The summed E-state index contributed by atoms with van der Waals surface area (Å²) >= 11 is 0. The molecule has 0 saturated carbocycles. The van der Waals surface area contributed by atoms with Gasteiger partial charge in [-0.3, -0.25) is 14.6 Å². The topological polar surface area (TPSA) is 76.3 Å². The lowest BCUT2D eigenvalue weighted by molar-refractivity contribution is -0.125. The van der Waals surface area contributed by atoms with Gasteiger partial charge in [0.1, 0.15) is 5.82 Å². The molecular formula is C17H16FN3O2. The van der Waals surface area contributed by atoms with E-state index >= 15 is 0 Å². The van der Waals surface area contributed by atoms with Gasteiger partial charge in [-0.15, -0.1) is 0 Å². The van der Waals surface area contributed by atoms with Crippen LogP contribution >= 0.6 is 0 Å². The molecule has 0 atom stereocenters. The Balaban J connectivity index is 1.65. The van der Waals surface area contributed by atoms with Crippen LogP contribution in [0, 0.1) is 11.7 Å². The first-order chi connectivity index (χ1) is 11.0. The molecule has 5 nitrogen and oxygen atoms in total. The number of halogens is 1. The van der Waals surface area contributed by atoms with Gasteiger partial charge in [0, 0.05) is 31.4 Å². The molecule has 0 radical (unpaired) electrons. The quantitative estimate of drug-likeness (QED) is 0.926. The van der Waals surface area contributed by atoms with Crippen molar-refractivity contribution >= 4 is 11.8 Å². The Morgan fingerprint density at radius 2 is 1.96 bits per heavy atom. The molecule has 1 saturated heterocycles. The minimum atomic E-state index is -0.382. The first-order valence-electron chi connectivity index (χ1n) is 7.31.